The summed E-state index contributed by atoms with van der Waals surface area (Å²) in [5.74, 6) is -0.369. The van der Waals surface area contributed by atoms with Crippen LogP contribution in [0.25, 0.3) is 0 Å². The van der Waals surface area contributed by atoms with E-state index in [2.05, 4.69) is 9.47 Å². The Morgan fingerprint density at radius 2 is 2.00 bits per heavy atom. The molecule has 1 aromatic rings. The maximum Gasteiger partial charge on any atom is 0.511 e. The van der Waals surface area contributed by atoms with E-state index < -0.39 is 12.3 Å². The van der Waals surface area contributed by atoms with E-state index >= 15 is 0 Å². The van der Waals surface area contributed by atoms with Gasteiger partial charge in [0.15, 0.2) is 5.75 Å². The summed E-state index contributed by atoms with van der Waals surface area (Å²) in [6, 6.07) is 4.34. The molecule has 0 radical (unpaired) electrons. The van der Waals surface area contributed by atoms with E-state index in [0.717, 1.165) is 0 Å². The summed E-state index contributed by atoms with van der Waals surface area (Å²) >= 11 is 0. The molecule has 0 spiro atoms. The molecule has 0 bridgehead atoms. The van der Waals surface area contributed by atoms with Gasteiger partial charge in [-0.25, -0.2) is 4.79 Å². The number of carbonyl (C=O) groups is 2. The predicted molar refractivity (Wildman–Crippen MR) is 45.9 cm³/mol. The maximum atomic E-state index is 10.3. The third-order valence-electron chi connectivity index (χ3n) is 1.56. The molecular weight excluding hydrogens is 204 g/mol. The number of rotatable bonds is 2. The highest BCUT2D eigenvalue weighted by molar-refractivity contribution is 5.67. The van der Waals surface area contributed by atoms with Gasteiger partial charge in [0.25, 0.3) is 6.16 Å². The monoisotopic (exact) mass is 211 g/mol. The molecule has 0 aliphatic rings. The summed E-state index contributed by atoms with van der Waals surface area (Å²) in [5, 5.41) is 18.6. The highest BCUT2D eigenvalue weighted by Gasteiger charge is 2.09. The molecule has 0 unspecified atom stereocenters. The number of carboxylic acid groups (broad SMARTS) is 2. The Morgan fingerprint density at radius 3 is 2.53 bits per heavy atom. The molecule has 6 nitrogen and oxygen atoms in total. The molecule has 0 amide bonds. The molecular formula is C9H7O6-. The average Bonchev–Trinajstić information content (AvgIpc) is 2.09. The summed E-state index contributed by atoms with van der Waals surface area (Å²) in [6.45, 7) is 1.55. The molecule has 0 atom stereocenters. The van der Waals surface area contributed by atoms with Gasteiger partial charge >= 0.3 is 6.16 Å². The van der Waals surface area contributed by atoms with Gasteiger partial charge in [0.1, 0.15) is 0 Å². The second kappa shape index (κ2) is 4.32. The lowest BCUT2D eigenvalue weighted by Crippen LogP contribution is -2.27. The highest BCUT2D eigenvalue weighted by Crippen LogP contribution is 2.30. The minimum atomic E-state index is -1.78. The number of benzene rings is 1. The standard InChI is InChI=1S/C9H8O6/c1-5-3-2-4-6(14-8(10)11)7(5)15-9(12)13/h2-4H,1H3,(H,10,11)(H,12,13)/p-1. The molecule has 0 fully saturated rings. The van der Waals surface area contributed by atoms with Crippen LogP contribution in [-0.2, 0) is 0 Å². The predicted octanol–water partition coefficient (Wildman–Crippen LogP) is 0.774. The van der Waals surface area contributed by atoms with E-state index in [1.807, 2.05) is 0 Å². The van der Waals surface area contributed by atoms with Crippen molar-refractivity contribution < 1.29 is 29.3 Å². The molecule has 0 aliphatic heterocycles. The van der Waals surface area contributed by atoms with Crippen LogP contribution in [0.3, 0.4) is 0 Å². The zero-order chi connectivity index (χ0) is 11.4. The summed E-state index contributed by atoms with van der Waals surface area (Å²) in [7, 11) is 0. The Labute approximate surface area is 84.7 Å². The van der Waals surface area contributed by atoms with E-state index in [0.29, 0.717) is 5.56 Å². The zero-order valence-corrected chi connectivity index (χ0v) is 7.72. The van der Waals surface area contributed by atoms with Crippen LogP contribution in [-0.4, -0.2) is 17.4 Å². The largest absolute Gasteiger partial charge is 0.511 e. The molecule has 15 heavy (non-hydrogen) atoms. The summed E-state index contributed by atoms with van der Waals surface area (Å²) in [6.07, 6.45) is -3.33. The molecule has 0 heterocycles. The van der Waals surface area contributed by atoms with Crippen LogP contribution in [0.1, 0.15) is 5.56 Å². The third kappa shape index (κ3) is 2.87. The number of ether oxygens (including phenoxy) is 2. The van der Waals surface area contributed by atoms with Crippen molar-refractivity contribution in [1.29, 1.82) is 0 Å². The van der Waals surface area contributed by atoms with Crippen LogP contribution in [0, 0.1) is 6.92 Å². The van der Waals surface area contributed by atoms with E-state index in [4.69, 9.17) is 5.11 Å². The van der Waals surface area contributed by atoms with Crippen LogP contribution in [0.2, 0.25) is 0 Å². The lowest BCUT2D eigenvalue weighted by Gasteiger charge is -2.14. The summed E-state index contributed by atoms with van der Waals surface area (Å²) in [4.78, 5) is 20.5. The van der Waals surface area contributed by atoms with Crippen molar-refractivity contribution in [2.45, 2.75) is 6.92 Å². The lowest BCUT2D eigenvalue weighted by molar-refractivity contribution is -0.271. The Morgan fingerprint density at radius 1 is 1.33 bits per heavy atom. The number of hydrogen-bond donors (Lipinski definition) is 1. The zero-order valence-electron chi connectivity index (χ0n) is 7.72. The summed E-state index contributed by atoms with van der Waals surface area (Å²) in [5.41, 5.74) is 0.429. The fourth-order valence-corrected chi connectivity index (χ4v) is 1.01. The van der Waals surface area contributed by atoms with Gasteiger partial charge in [0, 0.05) is 0 Å². The van der Waals surface area contributed by atoms with Gasteiger partial charge in [-0.15, -0.1) is 0 Å². The van der Waals surface area contributed by atoms with Gasteiger partial charge < -0.3 is 24.5 Å². The molecule has 0 saturated heterocycles. The second-order valence-electron chi connectivity index (χ2n) is 2.62. The quantitative estimate of drug-likeness (QED) is 0.573. The van der Waals surface area contributed by atoms with Crippen LogP contribution >= 0.6 is 0 Å². The van der Waals surface area contributed by atoms with Crippen molar-refractivity contribution in [1.82, 2.24) is 0 Å². The number of aryl methyl sites for hydroxylation is 1. The molecule has 80 valence electrons. The van der Waals surface area contributed by atoms with Crippen molar-refractivity contribution in [3.8, 4) is 11.5 Å². The Bertz CT molecular complexity index is 398. The van der Waals surface area contributed by atoms with Crippen molar-refractivity contribution >= 4 is 12.3 Å². The van der Waals surface area contributed by atoms with E-state index in [9.17, 15) is 14.7 Å². The van der Waals surface area contributed by atoms with Crippen LogP contribution < -0.4 is 14.6 Å². The van der Waals surface area contributed by atoms with Crippen LogP contribution in [0.15, 0.2) is 18.2 Å². The minimum absolute atomic E-state index is 0.181. The van der Waals surface area contributed by atoms with Crippen LogP contribution in [0.4, 0.5) is 9.59 Å². The first-order chi connectivity index (χ1) is 7.00. The first-order valence-electron chi connectivity index (χ1n) is 3.90. The minimum Gasteiger partial charge on any atom is -0.510 e. The maximum absolute atomic E-state index is 10.3. The van der Waals surface area contributed by atoms with Gasteiger partial charge in [-0.05, 0) is 18.6 Å². The fourth-order valence-electron chi connectivity index (χ4n) is 1.01. The van der Waals surface area contributed by atoms with Gasteiger partial charge in [-0.1, -0.05) is 12.1 Å². The van der Waals surface area contributed by atoms with Crippen molar-refractivity contribution in [2.24, 2.45) is 0 Å². The van der Waals surface area contributed by atoms with Crippen molar-refractivity contribution in [2.75, 3.05) is 0 Å². The van der Waals surface area contributed by atoms with Gasteiger partial charge in [-0.2, -0.15) is 0 Å². The molecule has 0 aromatic heterocycles. The van der Waals surface area contributed by atoms with E-state index in [1.165, 1.54) is 12.1 Å². The Balaban J connectivity index is 3.08. The van der Waals surface area contributed by atoms with E-state index in [-0.39, 0.29) is 11.5 Å². The van der Waals surface area contributed by atoms with Gasteiger partial charge in [-0.3, -0.25) is 0 Å². The third-order valence-corrected chi connectivity index (χ3v) is 1.56. The number of hydrogen-bond acceptors (Lipinski definition) is 5. The molecule has 1 rings (SSSR count). The number of carbonyl (C=O) groups excluding carboxylic acids is 1. The first-order valence-corrected chi connectivity index (χ1v) is 3.90. The highest BCUT2D eigenvalue weighted by atomic mass is 16.7. The molecule has 1 aromatic carbocycles. The fraction of sp³-hybridized carbons (Fsp3) is 0.111. The smallest absolute Gasteiger partial charge is 0.510 e. The first kappa shape index (κ1) is 10.8. The normalized spacial score (nSPS) is 9.40. The topological polar surface area (TPSA) is 95.9 Å². The van der Waals surface area contributed by atoms with E-state index in [1.54, 1.807) is 13.0 Å². The van der Waals surface area contributed by atoms with Crippen molar-refractivity contribution in [3.63, 3.8) is 0 Å². The van der Waals surface area contributed by atoms with Crippen molar-refractivity contribution in [3.05, 3.63) is 23.8 Å². The molecule has 6 heteroatoms. The Kier molecular flexibility index (Phi) is 3.12. The average molecular weight is 211 g/mol. The number of para-hydroxylation sites is 1. The lowest BCUT2D eigenvalue weighted by atomic mass is 10.2. The SMILES string of the molecule is Cc1cccc(OC(=O)O)c1OC(=O)[O-]. The Hall–Kier alpha value is -2.24. The second-order valence-corrected chi connectivity index (χ2v) is 2.62. The van der Waals surface area contributed by atoms with Crippen LogP contribution in [0.5, 0.6) is 11.5 Å². The molecule has 0 saturated carbocycles. The van der Waals surface area contributed by atoms with Gasteiger partial charge in [0.05, 0.1) is 5.75 Å². The summed E-state index contributed by atoms with van der Waals surface area (Å²) < 4.78 is 8.62. The van der Waals surface area contributed by atoms with Gasteiger partial charge in [0.2, 0.25) is 0 Å². The molecule has 0 aliphatic carbocycles. The molecule has 1 N–H and O–H groups in total.